The molecule has 24 heavy (non-hydrogen) atoms. The maximum absolute atomic E-state index is 6.18. The maximum Gasteiger partial charge on any atom is 0.0824 e. The largest absolute Gasteiger partial charge is 0.374 e. The van der Waals surface area contributed by atoms with Gasteiger partial charge in [-0.25, -0.2) is 0 Å². The first-order valence-electron chi connectivity index (χ1n) is 8.42. The lowest BCUT2D eigenvalue weighted by Crippen LogP contribution is -2.30. The van der Waals surface area contributed by atoms with Crippen LogP contribution in [0.25, 0.3) is 6.08 Å². The molecule has 3 rings (SSSR count). The van der Waals surface area contributed by atoms with Crippen LogP contribution >= 0.6 is 23.2 Å². The highest BCUT2D eigenvalue weighted by Crippen LogP contribution is 2.28. The fourth-order valence-corrected chi connectivity index (χ4v) is 3.67. The Morgan fingerprint density at radius 2 is 2.21 bits per heavy atom. The molecular formula is C20H23Cl2NO. The molecule has 2 atom stereocenters. The molecule has 1 heterocycles. The van der Waals surface area contributed by atoms with E-state index in [0.29, 0.717) is 16.0 Å². The Kier molecular flexibility index (Phi) is 6.18. The second-order valence-corrected chi connectivity index (χ2v) is 7.35. The van der Waals surface area contributed by atoms with Gasteiger partial charge in [0, 0.05) is 35.7 Å². The minimum atomic E-state index is 0.274. The van der Waals surface area contributed by atoms with Gasteiger partial charge in [0.15, 0.2) is 0 Å². The Bertz CT molecular complexity index is 666. The SMILES string of the molecule is CN(C/C=C/c1ccc(Cl)cc1Cl)CC1=CC2OCCCC2C=C1. The Hall–Kier alpha value is -1.06. The fraction of sp³-hybridized carbons (Fsp3) is 0.400. The molecule has 2 aliphatic rings. The van der Waals surface area contributed by atoms with Gasteiger partial charge in [-0.2, -0.15) is 0 Å². The van der Waals surface area contributed by atoms with E-state index in [2.05, 4.69) is 36.3 Å². The van der Waals surface area contributed by atoms with Crippen molar-refractivity contribution in [3.8, 4) is 0 Å². The van der Waals surface area contributed by atoms with Crippen LogP contribution in [-0.2, 0) is 4.74 Å². The lowest BCUT2D eigenvalue weighted by molar-refractivity contribution is 0.0180. The molecule has 1 aliphatic heterocycles. The van der Waals surface area contributed by atoms with Crippen LogP contribution in [0, 0.1) is 5.92 Å². The molecule has 4 heteroatoms. The predicted octanol–water partition coefficient (Wildman–Crippen LogP) is 5.23. The third-order valence-corrected chi connectivity index (χ3v) is 5.04. The number of likely N-dealkylation sites (N-methyl/N-ethyl adjacent to an activating group) is 1. The van der Waals surface area contributed by atoms with Crippen molar-refractivity contribution in [3.63, 3.8) is 0 Å². The Morgan fingerprint density at radius 1 is 1.33 bits per heavy atom. The number of hydrogen-bond donors (Lipinski definition) is 0. The Balaban J connectivity index is 1.52. The van der Waals surface area contributed by atoms with E-state index in [9.17, 15) is 0 Å². The topological polar surface area (TPSA) is 12.5 Å². The minimum absolute atomic E-state index is 0.274. The summed E-state index contributed by atoms with van der Waals surface area (Å²) in [5.74, 6) is 0.569. The summed E-state index contributed by atoms with van der Waals surface area (Å²) in [6, 6.07) is 5.56. The molecule has 1 fully saturated rings. The van der Waals surface area contributed by atoms with Gasteiger partial charge in [0.05, 0.1) is 6.10 Å². The van der Waals surface area contributed by atoms with Crippen LogP contribution in [0.4, 0.5) is 0 Å². The third-order valence-electron chi connectivity index (χ3n) is 4.48. The van der Waals surface area contributed by atoms with Gasteiger partial charge in [-0.15, -0.1) is 0 Å². The molecule has 0 bridgehead atoms. The average Bonchev–Trinajstić information content (AvgIpc) is 2.57. The molecule has 2 nitrogen and oxygen atoms in total. The van der Waals surface area contributed by atoms with E-state index < -0.39 is 0 Å². The second-order valence-electron chi connectivity index (χ2n) is 6.51. The van der Waals surface area contributed by atoms with Crippen molar-refractivity contribution in [3.05, 3.63) is 63.7 Å². The summed E-state index contributed by atoms with van der Waals surface area (Å²) in [6.07, 6.45) is 13.7. The van der Waals surface area contributed by atoms with Crippen LogP contribution in [0.2, 0.25) is 10.0 Å². The lowest BCUT2D eigenvalue weighted by Gasteiger charge is -2.31. The predicted molar refractivity (Wildman–Crippen MR) is 103 cm³/mol. The van der Waals surface area contributed by atoms with Crippen molar-refractivity contribution in [1.82, 2.24) is 4.90 Å². The third kappa shape index (κ3) is 4.73. The second kappa shape index (κ2) is 8.35. The first-order chi connectivity index (χ1) is 11.6. The molecule has 0 N–H and O–H groups in total. The number of hydrogen-bond acceptors (Lipinski definition) is 2. The minimum Gasteiger partial charge on any atom is -0.374 e. The molecule has 1 aromatic carbocycles. The smallest absolute Gasteiger partial charge is 0.0824 e. The molecule has 128 valence electrons. The number of fused-ring (bicyclic) bond motifs is 1. The summed E-state index contributed by atoms with van der Waals surface area (Å²) in [4.78, 5) is 2.28. The number of rotatable bonds is 5. The molecule has 1 saturated heterocycles. The monoisotopic (exact) mass is 363 g/mol. The highest BCUT2D eigenvalue weighted by Gasteiger charge is 2.24. The van der Waals surface area contributed by atoms with Gasteiger partial charge in [0.2, 0.25) is 0 Å². The molecule has 0 spiro atoms. The first kappa shape index (κ1) is 17.8. The summed E-state index contributed by atoms with van der Waals surface area (Å²) >= 11 is 12.1. The van der Waals surface area contributed by atoms with Gasteiger partial charge in [0.1, 0.15) is 0 Å². The average molecular weight is 364 g/mol. The fourth-order valence-electron chi connectivity index (χ4n) is 3.20. The molecule has 1 aliphatic carbocycles. The summed E-state index contributed by atoms with van der Waals surface area (Å²) in [5.41, 5.74) is 2.32. The van der Waals surface area contributed by atoms with Gasteiger partial charge >= 0.3 is 0 Å². The highest BCUT2D eigenvalue weighted by molar-refractivity contribution is 6.35. The zero-order chi connectivity index (χ0) is 16.9. The van der Waals surface area contributed by atoms with Crippen molar-refractivity contribution in [2.75, 3.05) is 26.7 Å². The van der Waals surface area contributed by atoms with Crippen LogP contribution in [0.5, 0.6) is 0 Å². The van der Waals surface area contributed by atoms with E-state index in [-0.39, 0.29) is 6.10 Å². The molecule has 0 amide bonds. The van der Waals surface area contributed by atoms with Crippen molar-refractivity contribution in [2.45, 2.75) is 18.9 Å². The van der Waals surface area contributed by atoms with E-state index in [0.717, 1.165) is 25.3 Å². The normalized spacial score (nSPS) is 23.6. The summed E-state index contributed by atoms with van der Waals surface area (Å²) in [6.45, 7) is 2.67. The zero-order valence-corrected chi connectivity index (χ0v) is 15.4. The molecule has 0 radical (unpaired) electrons. The summed E-state index contributed by atoms with van der Waals surface area (Å²) < 4.78 is 5.87. The highest BCUT2D eigenvalue weighted by atomic mass is 35.5. The van der Waals surface area contributed by atoms with Crippen molar-refractivity contribution in [1.29, 1.82) is 0 Å². The van der Waals surface area contributed by atoms with E-state index >= 15 is 0 Å². The van der Waals surface area contributed by atoms with Crippen LogP contribution in [0.1, 0.15) is 18.4 Å². The molecule has 0 aromatic heterocycles. The number of nitrogens with zero attached hydrogens (tertiary/aromatic N) is 1. The van der Waals surface area contributed by atoms with Crippen LogP contribution in [0.3, 0.4) is 0 Å². The molecule has 1 aromatic rings. The van der Waals surface area contributed by atoms with Gasteiger partial charge in [-0.3, -0.25) is 4.90 Å². The Labute approximate surface area is 154 Å². The van der Waals surface area contributed by atoms with E-state index in [1.165, 1.54) is 18.4 Å². The Morgan fingerprint density at radius 3 is 3.04 bits per heavy atom. The van der Waals surface area contributed by atoms with Crippen molar-refractivity contribution < 1.29 is 4.74 Å². The summed E-state index contributed by atoms with van der Waals surface area (Å²) in [5, 5.41) is 1.34. The first-order valence-corrected chi connectivity index (χ1v) is 9.18. The molecule has 2 unspecified atom stereocenters. The maximum atomic E-state index is 6.18. The van der Waals surface area contributed by atoms with Gasteiger partial charge in [-0.1, -0.05) is 59.6 Å². The zero-order valence-electron chi connectivity index (χ0n) is 13.9. The van der Waals surface area contributed by atoms with Crippen LogP contribution in [-0.4, -0.2) is 37.7 Å². The summed E-state index contributed by atoms with van der Waals surface area (Å²) in [7, 11) is 2.12. The van der Waals surface area contributed by atoms with Crippen molar-refractivity contribution >= 4 is 29.3 Å². The van der Waals surface area contributed by atoms with Crippen LogP contribution < -0.4 is 0 Å². The van der Waals surface area contributed by atoms with Gasteiger partial charge in [-0.05, 0) is 43.2 Å². The number of benzene rings is 1. The van der Waals surface area contributed by atoms with E-state index in [4.69, 9.17) is 27.9 Å². The molecule has 0 saturated carbocycles. The molecular weight excluding hydrogens is 341 g/mol. The lowest BCUT2D eigenvalue weighted by atomic mass is 9.88. The van der Waals surface area contributed by atoms with Crippen LogP contribution in [0.15, 0.2) is 48.1 Å². The number of halogens is 2. The quantitative estimate of drug-likeness (QED) is 0.709. The van der Waals surface area contributed by atoms with Gasteiger partial charge < -0.3 is 4.74 Å². The van der Waals surface area contributed by atoms with E-state index in [1.54, 1.807) is 6.07 Å². The van der Waals surface area contributed by atoms with Crippen molar-refractivity contribution in [2.24, 2.45) is 5.92 Å². The standard InChI is InChI=1S/C20H23Cl2NO/c1-23(10-2-4-16-8-9-18(21)13-19(16)22)14-15-6-7-17-5-3-11-24-20(17)12-15/h2,4,6-9,12-13,17,20H,3,5,10-11,14H2,1H3/b4-2+. The van der Waals surface area contributed by atoms with Gasteiger partial charge in [0.25, 0.3) is 0 Å². The van der Waals surface area contributed by atoms with E-state index in [1.807, 2.05) is 18.2 Å². The number of ether oxygens (including phenoxy) is 1.